The molecule has 6 nitrogen and oxygen atoms in total. The standard InChI is InChI=1S/C51H63N3O3/c1-2-3-4-5-6-7-8-9-10-11-12-28-39-49(55-40-43-29-18-13-19-30-43)50(56-41-44-31-20-14-21-32-44)48(53-54-52)42-57-51(45-33-22-15-23-34-45,46-35-24-16-25-36-46)47-37-26-17-27-38-47/h13-27,29-38,48-50H,2-12,28,39-42H2,1H3/t48-,49+,50+/m1/s1. The van der Waals surface area contributed by atoms with Crippen LogP contribution >= 0.6 is 0 Å². The summed E-state index contributed by atoms with van der Waals surface area (Å²) in [5, 5.41) is 4.46. The smallest absolute Gasteiger partial charge is 0.143 e. The average Bonchev–Trinajstić information content (AvgIpc) is 3.27. The summed E-state index contributed by atoms with van der Waals surface area (Å²) in [5.41, 5.74) is 14.2. The Bertz CT molecular complexity index is 1710. The molecule has 0 aliphatic heterocycles. The third-order valence-electron chi connectivity index (χ3n) is 10.9. The van der Waals surface area contributed by atoms with Gasteiger partial charge in [-0.1, -0.05) is 241 Å². The van der Waals surface area contributed by atoms with Gasteiger partial charge in [0.05, 0.1) is 38.1 Å². The zero-order chi connectivity index (χ0) is 39.6. The molecule has 0 unspecified atom stereocenters. The summed E-state index contributed by atoms with van der Waals surface area (Å²) in [6.07, 6.45) is 15.2. The van der Waals surface area contributed by atoms with Crippen LogP contribution in [-0.2, 0) is 33.0 Å². The van der Waals surface area contributed by atoms with E-state index < -0.39 is 17.7 Å². The van der Waals surface area contributed by atoms with Crippen molar-refractivity contribution < 1.29 is 14.2 Å². The van der Waals surface area contributed by atoms with Crippen molar-refractivity contribution in [3.63, 3.8) is 0 Å². The van der Waals surface area contributed by atoms with Gasteiger partial charge in [0.15, 0.2) is 0 Å². The van der Waals surface area contributed by atoms with E-state index in [2.05, 4.69) is 77.6 Å². The van der Waals surface area contributed by atoms with E-state index in [-0.39, 0.29) is 12.7 Å². The first kappa shape index (κ1) is 43.4. The van der Waals surface area contributed by atoms with Crippen LogP contribution in [-0.4, -0.2) is 24.9 Å². The molecule has 0 aromatic heterocycles. The van der Waals surface area contributed by atoms with Gasteiger partial charge in [0.1, 0.15) is 5.60 Å². The largest absolute Gasteiger partial charge is 0.371 e. The molecule has 0 N–H and O–H groups in total. The first-order chi connectivity index (χ1) is 28.2. The van der Waals surface area contributed by atoms with Gasteiger partial charge in [-0.05, 0) is 39.8 Å². The van der Waals surface area contributed by atoms with E-state index in [9.17, 15) is 5.53 Å². The molecule has 0 radical (unpaired) electrons. The maximum atomic E-state index is 10.1. The number of ether oxygens (including phenoxy) is 3. The van der Waals surface area contributed by atoms with Crippen molar-refractivity contribution in [3.8, 4) is 0 Å². The van der Waals surface area contributed by atoms with Crippen molar-refractivity contribution in [2.24, 2.45) is 5.11 Å². The van der Waals surface area contributed by atoms with Crippen LogP contribution in [0.1, 0.15) is 118 Å². The summed E-state index contributed by atoms with van der Waals surface area (Å²) in [7, 11) is 0. The van der Waals surface area contributed by atoms with Crippen molar-refractivity contribution in [1.29, 1.82) is 0 Å². The van der Waals surface area contributed by atoms with Crippen LogP contribution in [0.25, 0.3) is 10.4 Å². The molecular weight excluding hydrogens is 703 g/mol. The number of benzene rings is 5. The minimum absolute atomic E-state index is 0.103. The fourth-order valence-corrected chi connectivity index (χ4v) is 7.78. The fourth-order valence-electron chi connectivity index (χ4n) is 7.78. The molecule has 57 heavy (non-hydrogen) atoms. The van der Waals surface area contributed by atoms with Gasteiger partial charge in [0.25, 0.3) is 0 Å². The third-order valence-corrected chi connectivity index (χ3v) is 10.9. The van der Waals surface area contributed by atoms with E-state index in [0.717, 1.165) is 47.1 Å². The molecule has 0 saturated heterocycles. The van der Waals surface area contributed by atoms with Crippen LogP contribution in [0.4, 0.5) is 0 Å². The molecule has 0 fully saturated rings. The first-order valence-electron chi connectivity index (χ1n) is 21.4. The Balaban J connectivity index is 1.40. The number of azide groups is 1. The molecule has 0 saturated carbocycles. The zero-order valence-corrected chi connectivity index (χ0v) is 34.0. The summed E-state index contributed by atoms with van der Waals surface area (Å²) in [4.78, 5) is 3.41. The van der Waals surface area contributed by atoms with Crippen LogP contribution in [0.3, 0.4) is 0 Å². The Morgan fingerprint density at radius 2 is 0.895 bits per heavy atom. The lowest BCUT2D eigenvalue weighted by Gasteiger charge is -2.38. The summed E-state index contributed by atoms with van der Waals surface area (Å²) < 4.78 is 21.0. The number of unbranched alkanes of at least 4 members (excludes halogenated alkanes) is 11. The Morgan fingerprint density at radius 3 is 1.32 bits per heavy atom. The summed E-state index contributed by atoms with van der Waals surface area (Å²) in [6, 6.07) is 50.7. The Kier molecular flexibility index (Phi) is 19.4. The molecular formula is C51H63N3O3. The van der Waals surface area contributed by atoms with Gasteiger partial charge < -0.3 is 14.2 Å². The van der Waals surface area contributed by atoms with Crippen LogP contribution in [0.15, 0.2) is 157 Å². The number of hydrogen-bond donors (Lipinski definition) is 0. The molecule has 0 aliphatic carbocycles. The van der Waals surface area contributed by atoms with Gasteiger partial charge in [-0.15, -0.1) is 0 Å². The summed E-state index contributed by atoms with van der Waals surface area (Å²) in [6.45, 7) is 3.17. The molecule has 300 valence electrons. The molecule has 0 amide bonds. The van der Waals surface area contributed by atoms with Crippen LogP contribution < -0.4 is 0 Å². The third kappa shape index (κ3) is 14.0. The molecule has 0 bridgehead atoms. The van der Waals surface area contributed by atoms with Gasteiger partial charge in [0.2, 0.25) is 0 Å². The topological polar surface area (TPSA) is 76.5 Å². The minimum atomic E-state index is -0.979. The predicted molar refractivity (Wildman–Crippen MR) is 234 cm³/mol. The normalized spacial score (nSPS) is 13.1. The Hall–Kier alpha value is -4.71. The van der Waals surface area contributed by atoms with Crippen molar-refractivity contribution in [2.75, 3.05) is 6.61 Å². The second kappa shape index (κ2) is 25.5. The van der Waals surface area contributed by atoms with Gasteiger partial charge in [-0.2, -0.15) is 0 Å². The molecule has 0 aliphatic rings. The SMILES string of the molecule is CCCCCCCCCCCCCC[C@H](OCc1ccccc1)[C@@H](OCc1ccccc1)[C@@H](COC(c1ccccc1)(c1ccccc1)c1ccccc1)N=[N+]=[N-]. The number of hydrogen-bond acceptors (Lipinski definition) is 4. The highest BCUT2D eigenvalue weighted by Gasteiger charge is 2.40. The summed E-state index contributed by atoms with van der Waals surface area (Å²) in [5.74, 6) is 0. The van der Waals surface area contributed by atoms with Crippen molar-refractivity contribution in [3.05, 3.63) is 190 Å². The van der Waals surface area contributed by atoms with Crippen LogP contribution in [0.5, 0.6) is 0 Å². The van der Waals surface area contributed by atoms with E-state index in [1.54, 1.807) is 0 Å². The highest BCUT2D eigenvalue weighted by Crippen LogP contribution is 2.41. The van der Waals surface area contributed by atoms with Crippen molar-refractivity contribution >= 4 is 0 Å². The molecule has 5 aromatic carbocycles. The van der Waals surface area contributed by atoms with Crippen LogP contribution in [0.2, 0.25) is 0 Å². The lowest BCUT2D eigenvalue weighted by molar-refractivity contribution is -0.114. The highest BCUT2D eigenvalue weighted by molar-refractivity contribution is 5.47. The Morgan fingerprint density at radius 1 is 0.509 bits per heavy atom. The first-order valence-corrected chi connectivity index (χ1v) is 21.4. The van der Waals surface area contributed by atoms with Crippen LogP contribution in [0, 0.1) is 0 Å². The highest BCUT2D eigenvalue weighted by atomic mass is 16.5. The summed E-state index contributed by atoms with van der Waals surface area (Å²) >= 11 is 0. The fraction of sp³-hybridized carbons (Fsp3) is 0.412. The van der Waals surface area contributed by atoms with E-state index in [4.69, 9.17) is 14.2 Å². The zero-order valence-electron chi connectivity index (χ0n) is 34.0. The lowest BCUT2D eigenvalue weighted by atomic mass is 9.80. The monoisotopic (exact) mass is 765 g/mol. The van der Waals surface area contributed by atoms with Gasteiger partial charge in [-0.3, -0.25) is 0 Å². The molecule has 6 heteroatoms. The quantitative estimate of drug-likeness (QED) is 0.0167. The second-order valence-electron chi connectivity index (χ2n) is 15.1. The molecule has 0 heterocycles. The predicted octanol–water partition coefficient (Wildman–Crippen LogP) is 13.9. The van der Waals surface area contributed by atoms with Gasteiger partial charge in [0, 0.05) is 4.91 Å². The molecule has 3 atom stereocenters. The molecule has 5 rings (SSSR count). The molecule has 0 spiro atoms. The number of nitrogens with zero attached hydrogens (tertiary/aromatic N) is 3. The van der Waals surface area contributed by atoms with E-state index in [1.165, 1.54) is 64.2 Å². The lowest BCUT2D eigenvalue weighted by Crippen LogP contribution is -2.45. The van der Waals surface area contributed by atoms with Gasteiger partial charge in [-0.25, -0.2) is 0 Å². The van der Waals surface area contributed by atoms with Crippen molar-refractivity contribution in [1.82, 2.24) is 0 Å². The second-order valence-corrected chi connectivity index (χ2v) is 15.1. The maximum Gasteiger partial charge on any atom is 0.143 e. The Labute approximate surface area is 342 Å². The number of rotatable bonds is 28. The molecule has 5 aromatic rings. The van der Waals surface area contributed by atoms with Gasteiger partial charge >= 0.3 is 0 Å². The maximum absolute atomic E-state index is 10.1. The van der Waals surface area contributed by atoms with E-state index in [0.29, 0.717) is 13.2 Å². The average molecular weight is 766 g/mol. The van der Waals surface area contributed by atoms with Crippen molar-refractivity contribution in [2.45, 2.75) is 127 Å². The van der Waals surface area contributed by atoms with E-state index >= 15 is 0 Å². The minimum Gasteiger partial charge on any atom is -0.371 e. The van der Waals surface area contributed by atoms with E-state index in [1.807, 2.05) is 91.0 Å².